The Bertz CT molecular complexity index is 949. The number of hydrogen-bond acceptors (Lipinski definition) is 9. The van der Waals surface area contributed by atoms with Crippen molar-refractivity contribution >= 4 is 36.2 Å². The summed E-state index contributed by atoms with van der Waals surface area (Å²) in [6.07, 6.45) is 2.10. The number of carboxylic acids is 1. The molecular formula is C25H33FN2O9S. The van der Waals surface area contributed by atoms with Gasteiger partial charge < -0.3 is 33.9 Å². The molecule has 38 heavy (non-hydrogen) atoms. The number of carboxylic acid groups (broad SMARTS) is 1. The number of aliphatic carboxylic acids is 1. The maximum Gasteiger partial charge on any atom is 0.410 e. The number of alkyl halides is 1. The summed E-state index contributed by atoms with van der Waals surface area (Å²) in [7, 11) is 0. The number of likely N-dealkylation sites (tertiary alicyclic amines) is 1. The van der Waals surface area contributed by atoms with Crippen LogP contribution in [0.25, 0.3) is 0 Å². The van der Waals surface area contributed by atoms with Gasteiger partial charge in [-0.3, -0.25) is 9.59 Å². The average Bonchev–Trinajstić information content (AvgIpc) is 3.41. The average molecular weight is 557 g/mol. The number of hydrogen-bond donors (Lipinski definition) is 1. The predicted octanol–water partition coefficient (Wildman–Crippen LogP) is 1.99. The fourth-order valence-corrected chi connectivity index (χ4v) is 6.72. The van der Waals surface area contributed by atoms with E-state index in [1.165, 1.54) is 33.7 Å². The lowest BCUT2D eigenvalue weighted by Crippen LogP contribution is -2.65. The normalized spacial score (nSPS) is 27.0. The second-order valence-corrected chi connectivity index (χ2v) is 10.4. The lowest BCUT2D eigenvalue weighted by Gasteiger charge is -2.47. The molecule has 1 N–H and O–H groups in total. The quantitative estimate of drug-likeness (QED) is 0.130. The number of rotatable bonds is 16. The van der Waals surface area contributed by atoms with Gasteiger partial charge in [0, 0.05) is 22.6 Å². The number of β-lactam (4-membered cyclic amide) rings is 1. The molecule has 0 aliphatic carbocycles. The first-order chi connectivity index (χ1) is 18.3. The van der Waals surface area contributed by atoms with Crippen molar-refractivity contribution in [1.82, 2.24) is 9.80 Å². The Labute approximate surface area is 224 Å². The second kappa shape index (κ2) is 13.8. The molecule has 2 fully saturated rings. The number of halogens is 1. The summed E-state index contributed by atoms with van der Waals surface area (Å²) in [6, 6.07) is -0.870. The Morgan fingerprint density at radius 2 is 2.03 bits per heavy atom. The van der Waals surface area contributed by atoms with Gasteiger partial charge in [-0.15, -0.1) is 18.3 Å². The zero-order valence-corrected chi connectivity index (χ0v) is 22.0. The van der Waals surface area contributed by atoms with Gasteiger partial charge in [-0.05, 0) is 6.42 Å². The largest absolute Gasteiger partial charge is 0.477 e. The van der Waals surface area contributed by atoms with Crippen LogP contribution in [0.5, 0.6) is 0 Å². The molecule has 0 unspecified atom stereocenters. The molecule has 3 rings (SSSR count). The van der Waals surface area contributed by atoms with Gasteiger partial charge in [0.15, 0.2) is 0 Å². The van der Waals surface area contributed by atoms with E-state index in [1.807, 2.05) is 6.92 Å². The van der Waals surface area contributed by atoms with Crippen LogP contribution in [0.2, 0.25) is 0 Å². The molecule has 0 aromatic carbocycles. The monoisotopic (exact) mass is 556 g/mol. The smallest absolute Gasteiger partial charge is 0.410 e. The lowest BCUT2D eigenvalue weighted by molar-refractivity contribution is -0.171. The minimum absolute atomic E-state index is 0.0274. The summed E-state index contributed by atoms with van der Waals surface area (Å²) < 4.78 is 33.6. The summed E-state index contributed by atoms with van der Waals surface area (Å²) in [5.74, 6) is -2.70. The van der Waals surface area contributed by atoms with Gasteiger partial charge in [0.1, 0.15) is 31.7 Å². The van der Waals surface area contributed by atoms with E-state index in [-0.39, 0.29) is 69.0 Å². The van der Waals surface area contributed by atoms with Gasteiger partial charge in [-0.25, -0.2) is 14.0 Å². The molecule has 13 heteroatoms. The Morgan fingerprint density at radius 1 is 1.29 bits per heavy atom. The molecule has 3 aliphatic heterocycles. The molecule has 0 bridgehead atoms. The SMILES string of the molecule is C=CCOC(=O)N1C[C@@H](SC2=C(C(=O)O)N3C(=O)[C@H]([C@H](COC=O)OCC=C)[C@H]3[C@H]2C)C[C@H]1COCCF. The molecule has 0 saturated carbocycles. The van der Waals surface area contributed by atoms with E-state index < -0.39 is 42.7 Å². The highest BCUT2D eigenvalue weighted by molar-refractivity contribution is 8.03. The molecule has 0 aromatic heterocycles. The number of ether oxygens (including phenoxy) is 4. The van der Waals surface area contributed by atoms with E-state index >= 15 is 0 Å². The van der Waals surface area contributed by atoms with Crippen LogP contribution in [0, 0.1) is 11.8 Å². The first-order valence-electron chi connectivity index (χ1n) is 12.2. The lowest BCUT2D eigenvalue weighted by atomic mass is 9.78. The van der Waals surface area contributed by atoms with Crippen LogP contribution >= 0.6 is 11.8 Å². The predicted molar refractivity (Wildman–Crippen MR) is 135 cm³/mol. The summed E-state index contributed by atoms with van der Waals surface area (Å²) in [4.78, 5) is 52.1. The van der Waals surface area contributed by atoms with Crippen molar-refractivity contribution in [1.29, 1.82) is 0 Å². The van der Waals surface area contributed by atoms with Crippen molar-refractivity contribution in [2.45, 2.75) is 36.8 Å². The minimum Gasteiger partial charge on any atom is -0.477 e. The van der Waals surface area contributed by atoms with E-state index in [1.54, 1.807) is 0 Å². The third-order valence-corrected chi connectivity index (χ3v) is 8.20. The maximum absolute atomic E-state index is 13.1. The van der Waals surface area contributed by atoms with E-state index in [0.29, 0.717) is 11.3 Å². The van der Waals surface area contributed by atoms with Crippen molar-refractivity contribution in [2.75, 3.05) is 46.3 Å². The molecule has 0 aromatic rings. The second-order valence-electron chi connectivity index (χ2n) is 9.03. The van der Waals surface area contributed by atoms with Crippen LogP contribution in [0.15, 0.2) is 35.9 Å². The summed E-state index contributed by atoms with van der Waals surface area (Å²) in [5.41, 5.74) is -0.0922. The highest BCUT2D eigenvalue weighted by Crippen LogP contribution is 2.52. The first kappa shape index (κ1) is 29.7. The Morgan fingerprint density at radius 3 is 2.66 bits per heavy atom. The van der Waals surface area contributed by atoms with Crippen molar-refractivity contribution in [3.63, 3.8) is 0 Å². The molecule has 11 nitrogen and oxygen atoms in total. The maximum atomic E-state index is 13.1. The standard InChI is InChI=1S/C25H33FN2O9S/c1-4-7-36-18(13-35-14-29)19-20-15(3)22(21(24(31)32)28(20)23(19)30)38-17-10-16(12-34-9-6-26)27(11-17)25(33)37-8-5-2/h4-5,14-20H,1-2,6-13H2,3H3,(H,31,32)/t15-,16+,17+,18+,19-,20-/m1/s1. The molecule has 0 radical (unpaired) electrons. The number of fused-ring (bicyclic) bond motifs is 1. The van der Waals surface area contributed by atoms with Gasteiger partial charge in [0.2, 0.25) is 5.91 Å². The van der Waals surface area contributed by atoms with Crippen LogP contribution in [0.4, 0.5) is 9.18 Å². The highest BCUT2D eigenvalue weighted by Gasteiger charge is 2.61. The third-order valence-electron chi connectivity index (χ3n) is 6.71. The third kappa shape index (κ3) is 6.21. The van der Waals surface area contributed by atoms with E-state index in [0.717, 1.165) is 0 Å². The fourth-order valence-electron chi connectivity index (χ4n) is 5.15. The minimum atomic E-state index is -1.23. The Kier molecular flexibility index (Phi) is 10.7. The number of carbonyl (C=O) groups excluding carboxylic acids is 3. The van der Waals surface area contributed by atoms with Gasteiger partial charge in [0.05, 0.1) is 37.8 Å². The number of amides is 2. The van der Waals surface area contributed by atoms with E-state index in [4.69, 9.17) is 18.9 Å². The molecular weight excluding hydrogens is 523 g/mol. The van der Waals surface area contributed by atoms with Crippen LogP contribution < -0.4 is 0 Å². The van der Waals surface area contributed by atoms with Gasteiger partial charge in [-0.2, -0.15) is 0 Å². The highest BCUT2D eigenvalue weighted by atomic mass is 32.2. The molecule has 2 amide bonds. The summed E-state index contributed by atoms with van der Waals surface area (Å²) >= 11 is 1.31. The van der Waals surface area contributed by atoms with Gasteiger partial charge in [0.25, 0.3) is 6.47 Å². The number of carbonyl (C=O) groups is 4. The Hall–Kier alpha value is -2.90. The zero-order chi connectivity index (χ0) is 27.8. The summed E-state index contributed by atoms with van der Waals surface area (Å²) in [6.45, 7) is 8.86. The first-order valence-corrected chi connectivity index (χ1v) is 13.1. The molecule has 0 spiro atoms. The molecule has 210 valence electrons. The van der Waals surface area contributed by atoms with Crippen LogP contribution in [0.3, 0.4) is 0 Å². The number of thioether (sulfide) groups is 1. The van der Waals surface area contributed by atoms with Crippen molar-refractivity contribution in [2.24, 2.45) is 11.8 Å². The van der Waals surface area contributed by atoms with E-state index in [2.05, 4.69) is 13.2 Å². The van der Waals surface area contributed by atoms with Gasteiger partial charge >= 0.3 is 12.1 Å². The van der Waals surface area contributed by atoms with Crippen LogP contribution in [0.1, 0.15) is 13.3 Å². The van der Waals surface area contributed by atoms with Crippen molar-refractivity contribution in [3.05, 3.63) is 35.9 Å². The Balaban J connectivity index is 1.79. The molecule has 3 aliphatic rings. The van der Waals surface area contributed by atoms with Crippen LogP contribution in [-0.4, -0.2) is 109 Å². The van der Waals surface area contributed by atoms with Crippen molar-refractivity contribution < 1.29 is 47.6 Å². The van der Waals surface area contributed by atoms with Crippen LogP contribution in [-0.2, 0) is 33.3 Å². The molecule has 2 saturated heterocycles. The topological polar surface area (TPSA) is 132 Å². The van der Waals surface area contributed by atoms with Gasteiger partial charge in [-0.1, -0.05) is 25.7 Å². The zero-order valence-electron chi connectivity index (χ0n) is 21.2. The fraction of sp³-hybridized carbons (Fsp3) is 0.600. The molecule has 3 heterocycles. The van der Waals surface area contributed by atoms with Crippen molar-refractivity contribution in [3.8, 4) is 0 Å². The molecule has 6 atom stereocenters. The summed E-state index contributed by atoms with van der Waals surface area (Å²) in [5, 5.41) is 9.81. The van der Waals surface area contributed by atoms with E-state index in [9.17, 15) is 28.7 Å². The number of nitrogens with zero attached hydrogens (tertiary/aromatic N) is 2.